The summed E-state index contributed by atoms with van der Waals surface area (Å²) < 4.78 is 27.1. The van der Waals surface area contributed by atoms with Gasteiger partial charge in [-0.25, -0.2) is 8.42 Å². The highest BCUT2D eigenvalue weighted by molar-refractivity contribution is 7.89. The van der Waals surface area contributed by atoms with Crippen LogP contribution in [0.1, 0.15) is 11.1 Å². The Balaban J connectivity index is 1.47. The fourth-order valence-electron chi connectivity index (χ4n) is 3.53. The van der Waals surface area contributed by atoms with Crippen molar-refractivity contribution < 1.29 is 8.42 Å². The molecule has 0 bridgehead atoms. The van der Waals surface area contributed by atoms with Crippen molar-refractivity contribution in [3.05, 3.63) is 63.6 Å². The zero-order valence-corrected chi connectivity index (χ0v) is 15.9. The van der Waals surface area contributed by atoms with Crippen LogP contribution in [0.5, 0.6) is 0 Å². The summed E-state index contributed by atoms with van der Waals surface area (Å²) in [6.07, 6.45) is 1.01. The van der Waals surface area contributed by atoms with Gasteiger partial charge in [0.2, 0.25) is 10.0 Å². The molecule has 7 heteroatoms. The van der Waals surface area contributed by atoms with Gasteiger partial charge in [0.1, 0.15) is 4.90 Å². The molecule has 0 N–H and O–H groups in total. The van der Waals surface area contributed by atoms with Gasteiger partial charge in [-0.05, 0) is 29.7 Å². The highest BCUT2D eigenvalue weighted by Crippen LogP contribution is 2.34. The molecule has 0 spiro atoms. The third kappa shape index (κ3) is 3.09. The van der Waals surface area contributed by atoms with Crippen LogP contribution in [-0.4, -0.2) is 43.3 Å². The molecule has 0 saturated carbocycles. The zero-order chi connectivity index (χ0) is 17.6. The lowest BCUT2D eigenvalue weighted by molar-refractivity contribution is 0.0769. The van der Waals surface area contributed by atoms with E-state index in [1.165, 1.54) is 15.4 Å². The van der Waals surface area contributed by atoms with Crippen LogP contribution in [-0.2, 0) is 23.0 Å². The van der Waals surface area contributed by atoms with Crippen LogP contribution in [0.15, 0.2) is 47.4 Å². The molecular formula is C18H18Cl2N2O2S. The van der Waals surface area contributed by atoms with Gasteiger partial charge in [0.15, 0.2) is 0 Å². The first kappa shape index (κ1) is 17.3. The molecule has 2 aliphatic heterocycles. The Labute approximate surface area is 158 Å². The number of benzene rings is 2. The zero-order valence-electron chi connectivity index (χ0n) is 13.5. The van der Waals surface area contributed by atoms with E-state index in [0.29, 0.717) is 13.1 Å². The Kier molecular flexibility index (Phi) is 4.54. The molecule has 25 heavy (non-hydrogen) atoms. The third-order valence-corrected chi connectivity index (χ3v) is 7.81. The van der Waals surface area contributed by atoms with E-state index in [1.54, 1.807) is 18.2 Å². The maximum atomic E-state index is 12.8. The fourth-order valence-corrected chi connectivity index (χ4v) is 6.14. The fraction of sp³-hybridized carbons (Fsp3) is 0.333. The van der Waals surface area contributed by atoms with Gasteiger partial charge in [-0.2, -0.15) is 4.31 Å². The highest BCUT2D eigenvalue weighted by Gasteiger charge is 2.41. The van der Waals surface area contributed by atoms with Crippen LogP contribution in [0, 0.1) is 0 Å². The quantitative estimate of drug-likeness (QED) is 0.797. The Morgan fingerprint density at radius 1 is 0.920 bits per heavy atom. The first-order valence-corrected chi connectivity index (χ1v) is 10.4. The van der Waals surface area contributed by atoms with Gasteiger partial charge in [0.25, 0.3) is 0 Å². The summed E-state index contributed by atoms with van der Waals surface area (Å²) in [7, 11) is -3.65. The van der Waals surface area contributed by atoms with E-state index in [-0.39, 0.29) is 21.0 Å². The summed E-state index contributed by atoms with van der Waals surface area (Å²) >= 11 is 12.2. The van der Waals surface area contributed by atoms with E-state index in [1.807, 2.05) is 0 Å². The monoisotopic (exact) mass is 396 g/mol. The lowest BCUT2D eigenvalue weighted by atomic mass is 9.97. The second-order valence-electron chi connectivity index (χ2n) is 6.52. The van der Waals surface area contributed by atoms with E-state index < -0.39 is 10.0 Å². The second-order valence-corrected chi connectivity index (χ2v) is 9.20. The summed E-state index contributed by atoms with van der Waals surface area (Å²) in [4.78, 5) is 2.38. The molecule has 4 nitrogen and oxygen atoms in total. The average molecular weight is 397 g/mol. The first-order chi connectivity index (χ1) is 12.0. The van der Waals surface area contributed by atoms with Gasteiger partial charge in [0.05, 0.1) is 10.0 Å². The van der Waals surface area contributed by atoms with Crippen molar-refractivity contribution in [1.29, 1.82) is 0 Å². The number of rotatable bonds is 3. The number of sulfonamides is 1. The van der Waals surface area contributed by atoms with Crippen LogP contribution in [0.2, 0.25) is 10.0 Å². The minimum Gasteiger partial charge on any atom is -0.293 e. The molecule has 2 aromatic carbocycles. The lowest BCUT2D eigenvalue weighted by Crippen LogP contribution is -2.61. The predicted molar refractivity (Wildman–Crippen MR) is 99.6 cm³/mol. The van der Waals surface area contributed by atoms with E-state index in [4.69, 9.17) is 23.2 Å². The van der Waals surface area contributed by atoms with E-state index in [9.17, 15) is 8.42 Å². The van der Waals surface area contributed by atoms with Crippen LogP contribution in [0.3, 0.4) is 0 Å². The Morgan fingerprint density at radius 2 is 1.56 bits per heavy atom. The number of halogens is 2. The number of hydrogen-bond donors (Lipinski definition) is 0. The molecule has 132 valence electrons. The second kappa shape index (κ2) is 6.56. The largest absolute Gasteiger partial charge is 0.293 e. The minimum atomic E-state index is -3.65. The summed E-state index contributed by atoms with van der Waals surface area (Å²) in [6, 6.07) is 13.4. The van der Waals surface area contributed by atoms with Crippen molar-refractivity contribution in [3.63, 3.8) is 0 Å². The first-order valence-electron chi connectivity index (χ1n) is 8.22. The molecule has 0 aliphatic carbocycles. The minimum absolute atomic E-state index is 0.0146. The van der Waals surface area contributed by atoms with E-state index in [2.05, 4.69) is 29.2 Å². The molecule has 0 amide bonds. The molecule has 4 rings (SSSR count). The van der Waals surface area contributed by atoms with Gasteiger partial charge < -0.3 is 0 Å². The van der Waals surface area contributed by atoms with Crippen molar-refractivity contribution in [2.75, 3.05) is 19.6 Å². The molecule has 0 unspecified atom stereocenters. The van der Waals surface area contributed by atoms with Gasteiger partial charge in [-0.1, -0.05) is 53.5 Å². The molecule has 1 saturated heterocycles. The maximum absolute atomic E-state index is 12.8. The molecule has 0 radical (unpaired) electrons. The van der Waals surface area contributed by atoms with Crippen molar-refractivity contribution in [2.45, 2.75) is 23.9 Å². The van der Waals surface area contributed by atoms with Crippen molar-refractivity contribution >= 4 is 33.2 Å². The van der Waals surface area contributed by atoms with Crippen molar-refractivity contribution in [1.82, 2.24) is 9.21 Å². The lowest BCUT2D eigenvalue weighted by Gasteiger charge is -2.46. The average Bonchev–Trinajstić information content (AvgIpc) is 2.52. The summed E-state index contributed by atoms with van der Waals surface area (Å²) in [5, 5.41) is 0.339. The topological polar surface area (TPSA) is 40.6 Å². The molecule has 2 aromatic rings. The third-order valence-electron chi connectivity index (χ3n) is 5.02. The Bertz CT molecular complexity index is 891. The van der Waals surface area contributed by atoms with E-state index >= 15 is 0 Å². The number of nitrogens with zero attached hydrogens (tertiary/aromatic N) is 2. The smallest absolute Gasteiger partial charge is 0.246 e. The van der Waals surface area contributed by atoms with Crippen LogP contribution in [0.25, 0.3) is 0 Å². The van der Waals surface area contributed by atoms with Crippen LogP contribution < -0.4 is 0 Å². The summed E-state index contributed by atoms with van der Waals surface area (Å²) in [5.74, 6) is 0. The molecule has 0 atom stereocenters. The predicted octanol–water partition coefficient (Wildman–Crippen LogP) is 3.42. The van der Waals surface area contributed by atoms with Gasteiger partial charge in [0, 0.05) is 32.2 Å². The molecule has 2 aliphatic rings. The molecule has 2 heterocycles. The van der Waals surface area contributed by atoms with Crippen LogP contribution >= 0.6 is 23.2 Å². The van der Waals surface area contributed by atoms with Crippen molar-refractivity contribution in [3.8, 4) is 0 Å². The Morgan fingerprint density at radius 3 is 2.24 bits per heavy atom. The van der Waals surface area contributed by atoms with Crippen LogP contribution in [0.4, 0.5) is 0 Å². The Hall–Kier alpha value is -1.11. The highest BCUT2D eigenvalue weighted by atomic mass is 35.5. The maximum Gasteiger partial charge on any atom is 0.246 e. The van der Waals surface area contributed by atoms with Gasteiger partial charge in [-0.3, -0.25) is 4.90 Å². The number of hydrogen-bond acceptors (Lipinski definition) is 3. The van der Waals surface area contributed by atoms with Gasteiger partial charge in [-0.15, -0.1) is 0 Å². The molecule has 0 aromatic heterocycles. The number of fused-ring (bicyclic) bond motifs is 1. The van der Waals surface area contributed by atoms with Gasteiger partial charge >= 0.3 is 0 Å². The normalized spacial score (nSPS) is 19.4. The molecular weight excluding hydrogens is 379 g/mol. The van der Waals surface area contributed by atoms with Crippen molar-refractivity contribution in [2.24, 2.45) is 0 Å². The van der Waals surface area contributed by atoms with E-state index in [0.717, 1.165) is 19.5 Å². The molecule has 1 fully saturated rings. The SMILES string of the molecule is O=S(=O)(c1c(Cl)cccc1Cl)N1CC(N2CCc3ccccc3C2)C1. The summed E-state index contributed by atoms with van der Waals surface area (Å²) in [6.45, 7) is 2.79. The standard InChI is InChI=1S/C18H18Cl2N2O2S/c19-16-6-3-7-17(20)18(16)25(23,24)22-11-15(12-22)21-9-8-13-4-1-2-5-14(13)10-21/h1-7,15H,8-12H2. The summed E-state index contributed by atoms with van der Waals surface area (Å²) in [5.41, 5.74) is 2.73.